The molecule has 4 nitrogen and oxygen atoms in total. The van der Waals surface area contributed by atoms with Crippen molar-refractivity contribution in [3.63, 3.8) is 0 Å². The first kappa shape index (κ1) is 18.7. The van der Waals surface area contributed by atoms with Gasteiger partial charge in [-0.25, -0.2) is 4.98 Å². The Kier molecular flexibility index (Phi) is 5.46. The van der Waals surface area contributed by atoms with Crippen LogP contribution in [0.4, 0.5) is 10.8 Å². The lowest BCUT2D eigenvalue weighted by atomic mass is 9.88. The third kappa shape index (κ3) is 4.38. The number of aromatic nitrogens is 1. The maximum absolute atomic E-state index is 12.9. The molecule has 1 aromatic heterocycles. The molecule has 0 saturated heterocycles. The van der Waals surface area contributed by atoms with E-state index in [9.17, 15) is 4.79 Å². The Balaban J connectivity index is 1.73. The maximum Gasteiger partial charge on any atom is 0.236 e. The molecule has 1 fully saturated rings. The molecular formula is C18H22BrN3OS2. The first-order valence-corrected chi connectivity index (χ1v) is 10.8. The maximum atomic E-state index is 12.9. The fourth-order valence-electron chi connectivity index (χ4n) is 2.42. The van der Waals surface area contributed by atoms with Crippen LogP contribution in [0.3, 0.4) is 0 Å². The van der Waals surface area contributed by atoms with Gasteiger partial charge < -0.3 is 10.0 Å². The highest BCUT2D eigenvalue weighted by Crippen LogP contribution is 2.36. The third-order valence-corrected chi connectivity index (χ3v) is 6.75. The van der Waals surface area contributed by atoms with Crippen molar-refractivity contribution in [2.75, 3.05) is 10.0 Å². The summed E-state index contributed by atoms with van der Waals surface area (Å²) < 4.78 is 4.32. The molecule has 1 saturated carbocycles. The number of rotatable bonds is 6. The summed E-state index contributed by atoms with van der Waals surface area (Å²) in [6.45, 7) is 7.83. The lowest BCUT2D eigenvalue weighted by Crippen LogP contribution is -2.35. The van der Waals surface area contributed by atoms with E-state index in [0.29, 0.717) is 5.25 Å². The second-order valence-corrected chi connectivity index (χ2v) is 9.83. The molecular weight excluding hydrogens is 418 g/mol. The topological polar surface area (TPSA) is 54.0 Å². The van der Waals surface area contributed by atoms with Crippen molar-refractivity contribution in [1.29, 1.82) is 0 Å². The molecule has 3 rings (SSSR count). The molecule has 0 spiro atoms. The van der Waals surface area contributed by atoms with E-state index >= 15 is 0 Å². The number of carbonyl (C=O) groups excluding carboxylic acids is 1. The molecule has 2 N–H and O–H groups in total. The van der Waals surface area contributed by atoms with Gasteiger partial charge in [-0.1, -0.05) is 15.9 Å². The van der Waals surface area contributed by atoms with Gasteiger partial charge in [-0.15, -0.1) is 11.3 Å². The lowest BCUT2D eigenvalue weighted by Gasteiger charge is -2.23. The van der Waals surface area contributed by atoms with Crippen molar-refractivity contribution in [2.45, 2.75) is 51.2 Å². The zero-order chi connectivity index (χ0) is 18.2. The SMILES string of the molecule is Cc1cc(Br)cc(C)c1NC(=O)C(C)(C)c1csc(NSC2CC2)n1. The zero-order valence-electron chi connectivity index (χ0n) is 14.8. The number of nitrogens with zero attached hydrogens (tertiary/aromatic N) is 1. The van der Waals surface area contributed by atoms with Gasteiger partial charge in [-0.2, -0.15) is 0 Å². The molecule has 0 radical (unpaired) electrons. The van der Waals surface area contributed by atoms with E-state index in [1.807, 2.05) is 45.2 Å². The van der Waals surface area contributed by atoms with Gasteiger partial charge in [0.1, 0.15) is 0 Å². The summed E-state index contributed by atoms with van der Waals surface area (Å²) in [6.07, 6.45) is 2.55. The van der Waals surface area contributed by atoms with Crippen LogP contribution in [0.15, 0.2) is 22.0 Å². The second-order valence-electron chi connectivity index (χ2n) is 6.95. The van der Waals surface area contributed by atoms with Crippen LogP contribution < -0.4 is 10.0 Å². The van der Waals surface area contributed by atoms with Gasteiger partial charge in [0, 0.05) is 20.8 Å². The van der Waals surface area contributed by atoms with Gasteiger partial charge in [0.15, 0.2) is 5.13 Å². The number of thiazole rings is 1. The standard InChI is InChI=1S/C18H22BrN3OS2/c1-10-7-12(19)8-11(2)15(10)21-16(23)18(3,4)14-9-24-17(20-14)22-25-13-5-6-13/h7-9,13H,5-6H2,1-4H3,(H,20,22)(H,21,23). The van der Waals surface area contributed by atoms with Crippen LogP contribution in [0, 0.1) is 13.8 Å². The largest absolute Gasteiger partial charge is 0.325 e. The van der Waals surface area contributed by atoms with Gasteiger partial charge in [-0.3, -0.25) is 4.79 Å². The van der Waals surface area contributed by atoms with Crippen molar-refractivity contribution in [3.8, 4) is 0 Å². The summed E-state index contributed by atoms with van der Waals surface area (Å²) in [5.74, 6) is -0.0484. The molecule has 0 unspecified atom stereocenters. The smallest absolute Gasteiger partial charge is 0.236 e. The van der Waals surface area contributed by atoms with Crippen molar-refractivity contribution in [2.24, 2.45) is 0 Å². The predicted octanol–water partition coefficient (Wildman–Crippen LogP) is 5.66. The molecule has 1 heterocycles. The van der Waals surface area contributed by atoms with E-state index in [1.165, 1.54) is 12.8 Å². The van der Waals surface area contributed by atoms with Crippen LogP contribution in [0.1, 0.15) is 43.5 Å². The number of amides is 1. The number of aryl methyl sites for hydroxylation is 2. The van der Waals surface area contributed by atoms with E-state index in [2.05, 4.69) is 31.0 Å². The Bertz CT molecular complexity index is 776. The van der Waals surface area contributed by atoms with E-state index in [-0.39, 0.29) is 5.91 Å². The van der Waals surface area contributed by atoms with Crippen molar-refractivity contribution >= 4 is 55.9 Å². The minimum absolute atomic E-state index is 0.0484. The number of benzene rings is 1. The highest BCUT2D eigenvalue weighted by Gasteiger charge is 2.33. The van der Waals surface area contributed by atoms with E-state index in [1.54, 1.807) is 23.3 Å². The predicted molar refractivity (Wildman–Crippen MR) is 112 cm³/mol. The highest BCUT2D eigenvalue weighted by molar-refractivity contribution is 9.10. The van der Waals surface area contributed by atoms with Crippen LogP contribution in [0.5, 0.6) is 0 Å². The fraction of sp³-hybridized carbons (Fsp3) is 0.444. The van der Waals surface area contributed by atoms with Crippen LogP contribution in [-0.4, -0.2) is 16.1 Å². The number of halogens is 1. The number of hydrogen-bond donors (Lipinski definition) is 2. The first-order valence-electron chi connectivity index (χ1n) is 8.23. The molecule has 134 valence electrons. The molecule has 25 heavy (non-hydrogen) atoms. The number of carbonyl (C=O) groups is 1. The Morgan fingerprint density at radius 2 is 1.96 bits per heavy atom. The quantitative estimate of drug-likeness (QED) is 0.569. The van der Waals surface area contributed by atoms with E-state index < -0.39 is 5.41 Å². The lowest BCUT2D eigenvalue weighted by molar-refractivity contribution is -0.120. The average Bonchev–Trinajstić information content (AvgIpc) is 3.24. The number of nitrogens with one attached hydrogen (secondary N) is 2. The minimum Gasteiger partial charge on any atom is -0.325 e. The third-order valence-electron chi connectivity index (χ3n) is 4.29. The van der Waals surface area contributed by atoms with Crippen molar-refractivity contribution in [3.05, 3.63) is 38.8 Å². The van der Waals surface area contributed by atoms with Gasteiger partial charge in [-0.05, 0) is 75.7 Å². The summed E-state index contributed by atoms with van der Waals surface area (Å²) in [6, 6.07) is 4.02. The van der Waals surface area contributed by atoms with Crippen molar-refractivity contribution in [1.82, 2.24) is 4.98 Å². The molecule has 1 amide bonds. The van der Waals surface area contributed by atoms with Crippen molar-refractivity contribution < 1.29 is 4.79 Å². The first-order chi connectivity index (χ1) is 11.8. The summed E-state index contributed by atoms with van der Waals surface area (Å²) in [7, 11) is 0. The molecule has 0 aliphatic heterocycles. The average molecular weight is 440 g/mol. The van der Waals surface area contributed by atoms with Crippen LogP contribution >= 0.6 is 39.2 Å². The van der Waals surface area contributed by atoms with Crippen LogP contribution in [0.2, 0.25) is 0 Å². The molecule has 0 bridgehead atoms. The second kappa shape index (κ2) is 7.29. The normalized spacial score (nSPS) is 14.4. The van der Waals surface area contributed by atoms with Crippen LogP contribution in [-0.2, 0) is 10.2 Å². The highest BCUT2D eigenvalue weighted by atomic mass is 79.9. The van der Waals surface area contributed by atoms with Gasteiger partial charge >= 0.3 is 0 Å². The zero-order valence-corrected chi connectivity index (χ0v) is 18.0. The summed E-state index contributed by atoms with van der Waals surface area (Å²) in [5.41, 5.74) is 3.04. The van der Waals surface area contributed by atoms with Gasteiger partial charge in [0.05, 0.1) is 11.1 Å². The van der Waals surface area contributed by atoms with E-state index in [0.717, 1.165) is 32.1 Å². The summed E-state index contributed by atoms with van der Waals surface area (Å²) in [4.78, 5) is 17.5. The Labute approximate surface area is 165 Å². The van der Waals surface area contributed by atoms with E-state index in [4.69, 9.17) is 0 Å². The fourth-order valence-corrected chi connectivity index (χ4v) is 4.85. The summed E-state index contributed by atoms with van der Waals surface area (Å²) >= 11 is 6.77. The Hall–Kier alpha value is -1.05. The van der Waals surface area contributed by atoms with Gasteiger partial charge in [0.2, 0.25) is 5.91 Å². The summed E-state index contributed by atoms with van der Waals surface area (Å²) in [5, 5.41) is 6.64. The monoisotopic (exact) mass is 439 g/mol. The molecule has 0 atom stereocenters. The molecule has 1 aromatic carbocycles. The van der Waals surface area contributed by atoms with Gasteiger partial charge in [0.25, 0.3) is 0 Å². The number of anilines is 2. The minimum atomic E-state index is -0.702. The molecule has 2 aromatic rings. The Morgan fingerprint density at radius 3 is 2.56 bits per heavy atom. The Morgan fingerprint density at radius 1 is 1.32 bits per heavy atom. The molecule has 1 aliphatic carbocycles. The number of hydrogen-bond acceptors (Lipinski definition) is 5. The van der Waals surface area contributed by atoms with Crippen LogP contribution in [0.25, 0.3) is 0 Å². The molecule has 1 aliphatic rings. The molecule has 7 heteroatoms.